The van der Waals surface area contributed by atoms with E-state index in [0.717, 1.165) is 23.1 Å². The lowest BCUT2D eigenvalue weighted by Crippen LogP contribution is -2.27. The van der Waals surface area contributed by atoms with Crippen LogP contribution in [0.15, 0.2) is 47.6 Å². The van der Waals surface area contributed by atoms with Crippen molar-refractivity contribution in [3.8, 4) is 5.75 Å². The van der Waals surface area contributed by atoms with Gasteiger partial charge in [0.15, 0.2) is 5.75 Å². The lowest BCUT2D eigenvalue weighted by molar-refractivity contribution is 0.118. The van der Waals surface area contributed by atoms with E-state index in [-0.39, 0.29) is 0 Å². The Morgan fingerprint density at radius 3 is 2.65 bits per heavy atom. The number of hydrogen-bond donors (Lipinski definition) is 1. The number of hydroxylamine groups is 1. The van der Waals surface area contributed by atoms with Crippen molar-refractivity contribution in [2.45, 2.75) is 33.8 Å². The molecule has 0 atom stereocenters. The Hall–Kier alpha value is -3.02. The molecule has 0 radical (unpaired) electrons. The quantitative estimate of drug-likeness (QED) is 0.598. The van der Waals surface area contributed by atoms with E-state index in [1.165, 1.54) is 12.7 Å². The van der Waals surface area contributed by atoms with Crippen LogP contribution in [0.3, 0.4) is 0 Å². The van der Waals surface area contributed by atoms with Gasteiger partial charge in [0.2, 0.25) is 0 Å². The van der Waals surface area contributed by atoms with Gasteiger partial charge in [0, 0.05) is 5.56 Å². The summed E-state index contributed by atoms with van der Waals surface area (Å²) in [4.78, 5) is 21.9. The number of ether oxygens (including phenoxy) is 1. The molecule has 1 N–H and O–H groups in total. The van der Waals surface area contributed by atoms with E-state index in [1.807, 2.05) is 38.1 Å². The van der Waals surface area contributed by atoms with Crippen molar-refractivity contribution in [1.29, 1.82) is 0 Å². The monoisotopic (exact) mass is 356 g/mol. The highest BCUT2D eigenvalue weighted by molar-refractivity contribution is 5.98. The number of methoxy groups -OCH3 is 1. The molecule has 2 aromatic carbocycles. The summed E-state index contributed by atoms with van der Waals surface area (Å²) < 4.78 is 4.48. The molecule has 0 saturated heterocycles. The SMILES string of the molecule is CCc1cccc(CON=C(C)c2ccc(C)c(ONC(=O)OC)c2)c1. The predicted octanol–water partition coefficient (Wildman–Crippen LogP) is 4.15. The summed E-state index contributed by atoms with van der Waals surface area (Å²) in [5.74, 6) is 0.512. The summed E-state index contributed by atoms with van der Waals surface area (Å²) in [5, 5.41) is 4.18. The van der Waals surface area contributed by atoms with E-state index in [4.69, 9.17) is 9.68 Å². The van der Waals surface area contributed by atoms with Crippen LogP contribution in [0.2, 0.25) is 0 Å². The molecule has 26 heavy (non-hydrogen) atoms. The Bertz CT molecular complexity index is 787. The number of carbonyl (C=O) groups is 1. The Kier molecular flexibility index (Phi) is 7.02. The fraction of sp³-hybridized carbons (Fsp3) is 0.300. The summed E-state index contributed by atoms with van der Waals surface area (Å²) in [6, 6.07) is 13.8. The van der Waals surface area contributed by atoms with Gasteiger partial charge in [0.1, 0.15) is 6.61 Å². The first-order valence-corrected chi connectivity index (χ1v) is 8.39. The average Bonchev–Trinajstić information content (AvgIpc) is 2.67. The third kappa shape index (κ3) is 5.51. The predicted molar refractivity (Wildman–Crippen MR) is 100 cm³/mol. The summed E-state index contributed by atoms with van der Waals surface area (Å²) in [6.45, 7) is 6.26. The summed E-state index contributed by atoms with van der Waals surface area (Å²) >= 11 is 0. The van der Waals surface area contributed by atoms with Crippen molar-refractivity contribution >= 4 is 11.8 Å². The molecule has 0 heterocycles. The summed E-state index contributed by atoms with van der Waals surface area (Å²) in [7, 11) is 1.27. The molecule has 0 fully saturated rings. The zero-order chi connectivity index (χ0) is 18.9. The van der Waals surface area contributed by atoms with Gasteiger partial charge in [-0.05, 0) is 43.0 Å². The molecule has 0 aliphatic carbocycles. The highest BCUT2D eigenvalue weighted by Gasteiger charge is 2.07. The van der Waals surface area contributed by atoms with Crippen LogP contribution < -0.4 is 10.3 Å². The van der Waals surface area contributed by atoms with Crippen LogP contribution in [0, 0.1) is 6.92 Å². The van der Waals surface area contributed by atoms with Gasteiger partial charge in [-0.1, -0.05) is 48.5 Å². The molecule has 6 nitrogen and oxygen atoms in total. The molecule has 0 bridgehead atoms. The fourth-order valence-corrected chi connectivity index (χ4v) is 2.27. The molecule has 0 unspecified atom stereocenters. The first kappa shape index (κ1) is 19.3. The second-order valence-corrected chi connectivity index (χ2v) is 5.80. The Morgan fingerprint density at radius 2 is 1.92 bits per heavy atom. The third-order valence-corrected chi connectivity index (χ3v) is 3.87. The van der Waals surface area contributed by atoms with Crippen LogP contribution in [0.1, 0.15) is 36.1 Å². The zero-order valence-electron chi connectivity index (χ0n) is 15.5. The Labute approximate surface area is 153 Å². The van der Waals surface area contributed by atoms with Gasteiger partial charge in [-0.2, -0.15) is 5.48 Å². The summed E-state index contributed by atoms with van der Waals surface area (Å²) in [6.07, 6.45) is 0.319. The van der Waals surface area contributed by atoms with Crippen LogP contribution in [0.4, 0.5) is 4.79 Å². The molecule has 0 saturated carbocycles. The van der Waals surface area contributed by atoms with Gasteiger partial charge in [0.05, 0.1) is 12.8 Å². The second kappa shape index (κ2) is 9.46. The van der Waals surface area contributed by atoms with Crippen molar-refractivity contribution in [2.75, 3.05) is 7.11 Å². The minimum Gasteiger partial charge on any atom is -0.451 e. The average molecular weight is 356 g/mol. The van der Waals surface area contributed by atoms with Gasteiger partial charge in [-0.25, -0.2) is 4.79 Å². The van der Waals surface area contributed by atoms with E-state index < -0.39 is 6.09 Å². The standard InChI is InChI=1S/C20H24N2O4/c1-5-16-7-6-8-17(11-16)13-25-21-15(3)18-10-9-14(2)19(12-18)26-22-20(23)24-4/h6-12H,5,13H2,1-4H3,(H,22,23). The maximum Gasteiger partial charge on any atom is 0.440 e. The van der Waals surface area contributed by atoms with E-state index in [1.54, 1.807) is 6.07 Å². The van der Waals surface area contributed by atoms with Gasteiger partial charge >= 0.3 is 6.09 Å². The van der Waals surface area contributed by atoms with Crippen LogP contribution in [-0.2, 0) is 22.6 Å². The van der Waals surface area contributed by atoms with E-state index in [2.05, 4.69) is 34.4 Å². The van der Waals surface area contributed by atoms with Crippen molar-refractivity contribution in [2.24, 2.45) is 5.16 Å². The van der Waals surface area contributed by atoms with Gasteiger partial charge < -0.3 is 14.4 Å². The summed E-state index contributed by atoms with van der Waals surface area (Å²) in [5.41, 5.74) is 6.96. The van der Waals surface area contributed by atoms with Gasteiger partial charge in [-0.3, -0.25) is 0 Å². The maximum absolute atomic E-state index is 11.1. The smallest absolute Gasteiger partial charge is 0.440 e. The van der Waals surface area contributed by atoms with Crippen molar-refractivity contribution in [3.63, 3.8) is 0 Å². The number of oxime groups is 1. The third-order valence-electron chi connectivity index (χ3n) is 3.87. The minimum atomic E-state index is -0.669. The molecule has 0 aliphatic heterocycles. The molecule has 0 aliphatic rings. The number of amides is 1. The van der Waals surface area contributed by atoms with Crippen LogP contribution in [0.25, 0.3) is 0 Å². The van der Waals surface area contributed by atoms with E-state index in [0.29, 0.717) is 18.1 Å². The number of nitrogens with zero attached hydrogens (tertiary/aromatic N) is 1. The molecule has 0 spiro atoms. The Balaban J connectivity index is 2.02. The van der Waals surface area contributed by atoms with Crippen molar-refractivity contribution in [1.82, 2.24) is 5.48 Å². The van der Waals surface area contributed by atoms with Crippen LogP contribution >= 0.6 is 0 Å². The first-order chi connectivity index (χ1) is 12.5. The van der Waals surface area contributed by atoms with Crippen LogP contribution in [-0.4, -0.2) is 18.9 Å². The topological polar surface area (TPSA) is 69.2 Å². The number of nitrogens with one attached hydrogen (secondary N) is 1. The molecule has 2 aromatic rings. The van der Waals surface area contributed by atoms with Gasteiger partial charge in [-0.15, -0.1) is 0 Å². The van der Waals surface area contributed by atoms with E-state index >= 15 is 0 Å². The molecule has 138 valence electrons. The molecule has 6 heteroatoms. The molecular weight excluding hydrogens is 332 g/mol. The zero-order valence-corrected chi connectivity index (χ0v) is 15.5. The Morgan fingerprint density at radius 1 is 1.15 bits per heavy atom. The normalized spacial score (nSPS) is 11.0. The number of benzene rings is 2. The number of aryl methyl sites for hydroxylation is 2. The lowest BCUT2D eigenvalue weighted by Gasteiger charge is -2.10. The van der Waals surface area contributed by atoms with Crippen molar-refractivity contribution in [3.05, 3.63) is 64.7 Å². The molecule has 1 amide bonds. The van der Waals surface area contributed by atoms with Crippen LogP contribution in [0.5, 0.6) is 5.75 Å². The van der Waals surface area contributed by atoms with Crippen molar-refractivity contribution < 1.29 is 19.2 Å². The molecule has 2 rings (SSSR count). The fourth-order valence-electron chi connectivity index (χ4n) is 2.27. The molecule has 0 aromatic heterocycles. The highest BCUT2D eigenvalue weighted by Crippen LogP contribution is 2.19. The number of carbonyl (C=O) groups excluding carboxylic acids is 1. The highest BCUT2D eigenvalue weighted by atomic mass is 16.7. The number of rotatable bonds is 7. The largest absolute Gasteiger partial charge is 0.451 e. The lowest BCUT2D eigenvalue weighted by atomic mass is 10.1. The minimum absolute atomic E-state index is 0.407. The molecular formula is C20H24N2O4. The second-order valence-electron chi connectivity index (χ2n) is 5.80. The first-order valence-electron chi connectivity index (χ1n) is 8.39. The van der Waals surface area contributed by atoms with Gasteiger partial charge in [0.25, 0.3) is 0 Å². The maximum atomic E-state index is 11.1. The van der Waals surface area contributed by atoms with E-state index in [9.17, 15) is 4.79 Å². The number of hydrogen-bond acceptors (Lipinski definition) is 5.